The highest BCUT2D eigenvalue weighted by Crippen LogP contribution is 2.23. The zero-order valence-electron chi connectivity index (χ0n) is 17.8. The number of fused-ring (bicyclic) bond motifs is 1. The Kier molecular flexibility index (Phi) is 5.66. The van der Waals surface area contributed by atoms with Crippen LogP contribution in [0.15, 0.2) is 85.3 Å². The van der Waals surface area contributed by atoms with Crippen molar-refractivity contribution in [3.63, 3.8) is 0 Å². The number of hydrogen-bond acceptors (Lipinski definition) is 4. The standard InChI is InChI=1S/C26H25N5O/c32-26(23-9-6-20(7-10-23)18-31-14-3-13-29-31)28-17-21-8-11-25(27-16-21)30-15-12-22-4-1-2-5-24(22)19-30/h1-11,13-14,16H,12,15,17-19H2,(H,28,32). The highest BCUT2D eigenvalue weighted by atomic mass is 16.1. The molecule has 2 aromatic carbocycles. The summed E-state index contributed by atoms with van der Waals surface area (Å²) in [5, 5.41) is 7.19. The number of pyridine rings is 1. The minimum atomic E-state index is -0.0904. The van der Waals surface area contributed by atoms with Gasteiger partial charge >= 0.3 is 0 Å². The van der Waals surface area contributed by atoms with Crippen LogP contribution in [0.4, 0.5) is 5.82 Å². The molecule has 0 fully saturated rings. The molecule has 2 aromatic heterocycles. The fourth-order valence-corrected chi connectivity index (χ4v) is 4.03. The molecular formula is C26H25N5O. The second-order valence-electron chi connectivity index (χ2n) is 8.05. The molecule has 6 heteroatoms. The van der Waals surface area contributed by atoms with Crippen LogP contribution in [-0.2, 0) is 26.1 Å². The molecule has 3 heterocycles. The summed E-state index contributed by atoms with van der Waals surface area (Å²) in [7, 11) is 0. The number of nitrogens with zero attached hydrogens (tertiary/aromatic N) is 4. The van der Waals surface area contributed by atoms with E-state index in [2.05, 4.69) is 44.6 Å². The number of anilines is 1. The summed E-state index contributed by atoms with van der Waals surface area (Å²) in [5.74, 6) is 0.884. The molecule has 0 radical (unpaired) electrons. The molecule has 1 aliphatic rings. The Hall–Kier alpha value is -3.93. The van der Waals surface area contributed by atoms with E-state index in [4.69, 9.17) is 0 Å². The maximum atomic E-state index is 12.5. The van der Waals surface area contributed by atoms with Crippen LogP contribution in [0.2, 0.25) is 0 Å². The smallest absolute Gasteiger partial charge is 0.251 e. The topological polar surface area (TPSA) is 63.1 Å². The lowest BCUT2D eigenvalue weighted by Crippen LogP contribution is -2.31. The predicted octanol–water partition coefficient (Wildman–Crippen LogP) is 3.82. The summed E-state index contributed by atoms with van der Waals surface area (Å²) in [4.78, 5) is 19.5. The molecule has 6 nitrogen and oxygen atoms in total. The molecular weight excluding hydrogens is 398 g/mol. The van der Waals surface area contributed by atoms with Crippen molar-refractivity contribution >= 4 is 11.7 Å². The average molecular weight is 424 g/mol. The van der Waals surface area contributed by atoms with E-state index in [0.29, 0.717) is 18.7 Å². The normalized spacial score (nSPS) is 12.9. The van der Waals surface area contributed by atoms with Gasteiger partial charge in [-0.3, -0.25) is 9.48 Å². The highest BCUT2D eigenvalue weighted by Gasteiger charge is 2.16. The lowest BCUT2D eigenvalue weighted by Gasteiger charge is -2.29. The largest absolute Gasteiger partial charge is 0.352 e. The number of amides is 1. The number of carbonyl (C=O) groups excluding carboxylic acids is 1. The van der Waals surface area contributed by atoms with E-state index in [0.717, 1.165) is 36.5 Å². The second kappa shape index (κ2) is 9.06. The molecule has 1 amide bonds. The SMILES string of the molecule is O=C(NCc1ccc(N2CCc3ccccc3C2)nc1)c1ccc(Cn2cccn2)cc1. The summed E-state index contributed by atoms with van der Waals surface area (Å²) in [6.45, 7) is 2.99. The molecule has 1 aliphatic heterocycles. The molecule has 0 bridgehead atoms. The predicted molar refractivity (Wildman–Crippen MR) is 124 cm³/mol. The molecule has 1 N–H and O–H groups in total. The van der Waals surface area contributed by atoms with Crippen LogP contribution in [0.25, 0.3) is 0 Å². The Morgan fingerprint density at radius 1 is 0.938 bits per heavy atom. The van der Waals surface area contributed by atoms with Crippen molar-refractivity contribution in [2.24, 2.45) is 0 Å². The molecule has 0 unspecified atom stereocenters. The van der Waals surface area contributed by atoms with Crippen molar-refractivity contribution in [1.82, 2.24) is 20.1 Å². The zero-order valence-corrected chi connectivity index (χ0v) is 17.8. The van der Waals surface area contributed by atoms with Crippen LogP contribution in [0.5, 0.6) is 0 Å². The summed E-state index contributed by atoms with van der Waals surface area (Å²) in [5.41, 5.74) is 5.52. The van der Waals surface area contributed by atoms with Gasteiger partial charge in [-0.25, -0.2) is 4.98 Å². The number of hydrogen-bond donors (Lipinski definition) is 1. The van der Waals surface area contributed by atoms with Crippen molar-refractivity contribution in [3.8, 4) is 0 Å². The number of nitrogens with one attached hydrogen (secondary N) is 1. The van der Waals surface area contributed by atoms with E-state index < -0.39 is 0 Å². The summed E-state index contributed by atoms with van der Waals surface area (Å²) >= 11 is 0. The number of benzene rings is 2. The van der Waals surface area contributed by atoms with Crippen LogP contribution in [-0.4, -0.2) is 27.2 Å². The first-order chi connectivity index (χ1) is 15.7. The van der Waals surface area contributed by atoms with Gasteiger partial charge in [0.2, 0.25) is 0 Å². The molecule has 32 heavy (non-hydrogen) atoms. The Bertz CT molecular complexity index is 1180. The first kappa shape index (κ1) is 20.0. The number of carbonyl (C=O) groups is 1. The number of rotatable bonds is 6. The minimum absolute atomic E-state index is 0.0904. The van der Waals surface area contributed by atoms with Crippen molar-refractivity contribution in [1.29, 1.82) is 0 Å². The molecule has 0 aliphatic carbocycles. The van der Waals surface area contributed by atoms with Gasteiger partial charge < -0.3 is 10.2 Å². The van der Waals surface area contributed by atoms with Gasteiger partial charge in [-0.2, -0.15) is 5.10 Å². The van der Waals surface area contributed by atoms with E-state index in [1.807, 2.05) is 59.5 Å². The van der Waals surface area contributed by atoms with Crippen LogP contribution in [0.3, 0.4) is 0 Å². The quantitative estimate of drug-likeness (QED) is 0.512. The molecule has 5 rings (SSSR count). The number of aromatic nitrogens is 3. The van der Waals surface area contributed by atoms with Crippen molar-refractivity contribution in [3.05, 3.63) is 113 Å². The van der Waals surface area contributed by atoms with E-state index in [1.165, 1.54) is 11.1 Å². The van der Waals surface area contributed by atoms with Crippen molar-refractivity contribution < 1.29 is 4.79 Å². The molecule has 0 spiro atoms. The lowest BCUT2D eigenvalue weighted by atomic mass is 10.00. The maximum absolute atomic E-state index is 12.5. The van der Waals surface area contributed by atoms with Crippen LogP contribution in [0, 0.1) is 0 Å². The average Bonchev–Trinajstić information content (AvgIpc) is 3.36. The van der Waals surface area contributed by atoms with Gasteiger partial charge in [0.25, 0.3) is 5.91 Å². The third-order valence-corrected chi connectivity index (χ3v) is 5.84. The Labute approximate surface area is 187 Å². The zero-order chi connectivity index (χ0) is 21.8. The monoisotopic (exact) mass is 423 g/mol. The van der Waals surface area contributed by atoms with Crippen molar-refractivity contribution in [2.45, 2.75) is 26.1 Å². The van der Waals surface area contributed by atoms with Gasteiger partial charge in [-0.05, 0) is 52.9 Å². The van der Waals surface area contributed by atoms with Crippen LogP contribution >= 0.6 is 0 Å². The van der Waals surface area contributed by atoms with Gasteiger partial charge in [-0.15, -0.1) is 0 Å². The Balaban J connectivity index is 1.15. The van der Waals surface area contributed by atoms with Gasteiger partial charge in [0.1, 0.15) is 5.82 Å². The summed E-state index contributed by atoms with van der Waals surface area (Å²) in [6.07, 6.45) is 6.57. The maximum Gasteiger partial charge on any atom is 0.251 e. The third kappa shape index (κ3) is 4.54. The lowest BCUT2D eigenvalue weighted by molar-refractivity contribution is 0.0951. The minimum Gasteiger partial charge on any atom is -0.352 e. The van der Waals surface area contributed by atoms with Gasteiger partial charge in [-0.1, -0.05) is 42.5 Å². The van der Waals surface area contributed by atoms with Crippen molar-refractivity contribution in [2.75, 3.05) is 11.4 Å². The van der Waals surface area contributed by atoms with E-state index in [-0.39, 0.29) is 5.91 Å². The Morgan fingerprint density at radius 2 is 1.75 bits per heavy atom. The molecule has 4 aromatic rings. The van der Waals surface area contributed by atoms with Crippen LogP contribution < -0.4 is 10.2 Å². The molecule has 160 valence electrons. The van der Waals surface area contributed by atoms with Crippen LogP contribution in [0.1, 0.15) is 32.6 Å². The van der Waals surface area contributed by atoms with Gasteiger partial charge in [0.05, 0.1) is 6.54 Å². The second-order valence-corrected chi connectivity index (χ2v) is 8.05. The van der Waals surface area contributed by atoms with E-state index in [1.54, 1.807) is 6.20 Å². The first-order valence-corrected chi connectivity index (χ1v) is 10.9. The highest BCUT2D eigenvalue weighted by molar-refractivity contribution is 5.94. The van der Waals surface area contributed by atoms with Gasteiger partial charge in [0.15, 0.2) is 0 Å². The Morgan fingerprint density at radius 3 is 2.50 bits per heavy atom. The third-order valence-electron chi connectivity index (χ3n) is 5.84. The summed E-state index contributed by atoms with van der Waals surface area (Å²) in [6, 6.07) is 22.2. The fraction of sp³-hybridized carbons (Fsp3) is 0.192. The van der Waals surface area contributed by atoms with E-state index >= 15 is 0 Å². The molecule has 0 saturated carbocycles. The van der Waals surface area contributed by atoms with E-state index in [9.17, 15) is 4.79 Å². The molecule has 0 saturated heterocycles. The molecule has 0 atom stereocenters. The summed E-state index contributed by atoms with van der Waals surface area (Å²) < 4.78 is 1.86. The first-order valence-electron chi connectivity index (χ1n) is 10.9. The van der Waals surface area contributed by atoms with Gasteiger partial charge in [0, 0.05) is 43.8 Å². The fourth-order valence-electron chi connectivity index (χ4n) is 4.03.